The van der Waals surface area contributed by atoms with E-state index in [9.17, 15) is 0 Å². The Morgan fingerprint density at radius 3 is 1.62 bits per heavy atom. The average molecular weight is 300 g/mol. The second kappa shape index (κ2) is 11.4. The molecule has 1 spiro atoms. The quantitative estimate of drug-likeness (QED) is 0.706. The summed E-state index contributed by atoms with van der Waals surface area (Å²) < 4.78 is 11.5. The molecule has 0 amide bonds. The Bertz CT molecular complexity index is 211. The van der Waals surface area contributed by atoms with Gasteiger partial charge < -0.3 is 14.6 Å². The van der Waals surface area contributed by atoms with Crippen LogP contribution in [0.5, 0.6) is 0 Å². The highest BCUT2D eigenvalue weighted by atomic mass is 16.7. The van der Waals surface area contributed by atoms with Crippen molar-refractivity contribution in [1.82, 2.24) is 0 Å². The predicted molar refractivity (Wildman–Crippen MR) is 87.3 cm³/mol. The Balaban J connectivity index is 0.000000205. The highest BCUT2D eigenvalue weighted by molar-refractivity contribution is 4.79. The molecule has 0 aromatic rings. The Kier molecular flexibility index (Phi) is 10.3. The SMILES string of the molecule is C1CCCCC1.CC1CCC2(CC1)OCCCO2.CCO. The smallest absolute Gasteiger partial charge is 0.168 e. The number of aliphatic hydroxyl groups is 1. The van der Waals surface area contributed by atoms with Gasteiger partial charge in [0.15, 0.2) is 5.79 Å². The summed E-state index contributed by atoms with van der Waals surface area (Å²) in [7, 11) is 0. The fourth-order valence-corrected chi connectivity index (χ4v) is 3.17. The summed E-state index contributed by atoms with van der Waals surface area (Å²) in [6.45, 7) is 6.04. The molecular formula is C18H36O3. The van der Waals surface area contributed by atoms with Crippen molar-refractivity contribution in [3.05, 3.63) is 0 Å². The highest BCUT2D eigenvalue weighted by Gasteiger charge is 2.37. The first kappa shape index (κ1) is 18.9. The molecule has 3 heteroatoms. The van der Waals surface area contributed by atoms with Gasteiger partial charge in [-0.3, -0.25) is 0 Å². The van der Waals surface area contributed by atoms with Gasteiger partial charge in [-0.2, -0.15) is 0 Å². The normalized spacial score (nSPS) is 25.3. The van der Waals surface area contributed by atoms with Crippen molar-refractivity contribution < 1.29 is 14.6 Å². The van der Waals surface area contributed by atoms with Crippen LogP contribution in [0.25, 0.3) is 0 Å². The Hall–Kier alpha value is -0.120. The second-order valence-corrected chi connectivity index (χ2v) is 6.58. The second-order valence-electron chi connectivity index (χ2n) is 6.58. The van der Waals surface area contributed by atoms with Crippen LogP contribution in [0.15, 0.2) is 0 Å². The van der Waals surface area contributed by atoms with E-state index >= 15 is 0 Å². The zero-order valence-electron chi connectivity index (χ0n) is 14.2. The lowest BCUT2D eigenvalue weighted by atomic mass is 9.86. The molecule has 0 aromatic carbocycles. The van der Waals surface area contributed by atoms with Crippen molar-refractivity contribution in [2.45, 2.75) is 90.3 Å². The molecule has 3 fully saturated rings. The van der Waals surface area contributed by atoms with E-state index in [0.29, 0.717) is 0 Å². The van der Waals surface area contributed by atoms with Gasteiger partial charge >= 0.3 is 0 Å². The molecule has 3 nitrogen and oxygen atoms in total. The van der Waals surface area contributed by atoms with E-state index in [0.717, 1.165) is 38.4 Å². The molecule has 0 bridgehead atoms. The van der Waals surface area contributed by atoms with Gasteiger partial charge in [0, 0.05) is 19.4 Å². The Morgan fingerprint density at radius 1 is 0.857 bits per heavy atom. The maximum atomic E-state index is 7.57. The number of rotatable bonds is 0. The van der Waals surface area contributed by atoms with E-state index < -0.39 is 0 Å². The monoisotopic (exact) mass is 300 g/mol. The number of hydrogen-bond donors (Lipinski definition) is 1. The minimum Gasteiger partial charge on any atom is -0.397 e. The van der Waals surface area contributed by atoms with Crippen molar-refractivity contribution >= 4 is 0 Å². The summed E-state index contributed by atoms with van der Waals surface area (Å²) in [5, 5.41) is 7.57. The van der Waals surface area contributed by atoms with Gasteiger partial charge in [-0.1, -0.05) is 45.4 Å². The lowest BCUT2D eigenvalue weighted by molar-refractivity contribution is -0.282. The standard InChI is InChI=1S/C10H18O2.C6H12.C2H6O/c1-9-3-5-10(6-4-9)11-7-2-8-12-10;1-2-4-6-5-3-1;1-2-3/h9H,2-8H2,1H3;1-6H2;3H,2H2,1H3. The van der Waals surface area contributed by atoms with E-state index in [1.165, 1.54) is 51.4 Å². The third kappa shape index (κ3) is 8.18. The number of aliphatic hydroxyl groups excluding tert-OH is 1. The molecule has 3 aliphatic rings. The largest absolute Gasteiger partial charge is 0.397 e. The van der Waals surface area contributed by atoms with Crippen LogP contribution in [0.2, 0.25) is 0 Å². The maximum absolute atomic E-state index is 7.57. The van der Waals surface area contributed by atoms with E-state index in [4.69, 9.17) is 14.6 Å². The van der Waals surface area contributed by atoms with Gasteiger partial charge in [0.25, 0.3) is 0 Å². The van der Waals surface area contributed by atoms with Gasteiger partial charge in [0.2, 0.25) is 0 Å². The van der Waals surface area contributed by atoms with E-state index in [1.807, 2.05) is 0 Å². The molecule has 21 heavy (non-hydrogen) atoms. The summed E-state index contributed by atoms with van der Waals surface area (Å²) in [5.74, 6) is 0.704. The van der Waals surface area contributed by atoms with Crippen LogP contribution in [0.1, 0.15) is 84.5 Å². The summed E-state index contributed by atoms with van der Waals surface area (Å²) >= 11 is 0. The van der Waals surface area contributed by atoms with Crippen LogP contribution in [0.3, 0.4) is 0 Å². The van der Waals surface area contributed by atoms with Gasteiger partial charge in [-0.15, -0.1) is 0 Å². The summed E-state index contributed by atoms with van der Waals surface area (Å²) in [6, 6.07) is 0. The van der Waals surface area contributed by atoms with Gasteiger partial charge in [0.1, 0.15) is 0 Å². The molecule has 1 heterocycles. The summed E-state index contributed by atoms with van der Waals surface area (Å²) in [4.78, 5) is 0. The zero-order chi connectivity index (χ0) is 15.4. The lowest BCUT2D eigenvalue weighted by Gasteiger charge is -2.41. The van der Waals surface area contributed by atoms with Gasteiger partial charge in [-0.25, -0.2) is 0 Å². The fraction of sp³-hybridized carbons (Fsp3) is 1.00. The topological polar surface area (TPSA) is 38.7 Å². The molecule has 0 unspecified atom stereocenters. The van der Waals surface area contributed by atoms with Gasteiger partial charge in [0.05, 0.1) is 13.2 Å². The first-order valence-electron chi connectivity index (χ1n) is 9.11. The third-order valence-electron chi connectivity index (χ3n) is 4.55. The van der Waals surface area contributed by atoms with Crippen LogP contribution in [-0.2, 0) is 9.47 Å². The fourth-order valence-electron chi connectivity index (χ4n) is 3.17. The summed E-state index contributed by atoms with van der Waals surface area (Å²) in [5.41, 5.74) is 0. The molecule has 2 saturated carbocycles. The van der Waals surface area contributed by atoms with Gasteiger partial charge in [-0.05, 0) is 32.1 Å². The molecule has 0 atom stereocenters. The average Bonchev–Trinajstić information content (AvgIpc) is 2.55. The zero-order valence-corrected chi connectivity index (χ0v) is 14.2. The minimum absolute atomic E-state index is 0.162. The van der Waals surface area contributed by atoms with Crippen molar-refractivity contribution in [2.24, 2.45) is 5.92 Å². The van der Waals surface area contributed by atoms with Crippen LogP contribution in [-0.4, -0.2) is 30.7 Å². The van der Waals surface area contributed by atoms with E-state index in [2.05, 4.69) is 6.92 Å². The molecule has 3 rings (SSSR count). The van der Waals surface area contributed by atoms with Crippen LogP contribution < -0.4 is 0 Å². The molecule has 0 aromatic heterocycles. The number of hydrogen-bond acceptors (Lipinski definition) is 3. The molecule has 1 aliphatic heterocycles. The van der Waals surface area contributed by atoms with Crippen molar-refractivity contribution in [3.63, 3.8) is 0 Å². The molecule has 126 valence electrons. The Morgan fingerprint density at radius 2 is 1.24 bits per heavy atom. The maximum Gasteiger partial charge on any atom is 0.168 e. The molecule has 1 saturated heterocycles. The summed E-state index contributed by atoms with van der Waals surface area (Å²) in [6.07, 6.45) is 14.8. The van der Waals surface area contributed by atoms with Crippen molar-refractivity contribution in [1.29, 1.82) is 0 Å². The minimum atomic E-state index is -0.162. The first-order chi connectivity index (χ1) is 10.2. The first-order valence-corrected chi connectivity index (χ1v) is 9.11. The predicted octanol–water partition coefficient (Wildman–Crippen LogP) is 4.67. The van der Waals surface area contributed by atoms with Crippen molar-refractivity contribution in [2.75, 3.05) is 19.8 Å². The molecule has 0 radical (unpaired) electrons. The number of ether oxygens (including phenoxy) is 2. The van der Waals surface area contributed by atoms with Crippen LogP contribution >= 0.6 is 0 Å². The van der Waals surface area contributed by atoms with Crippen LogP contribution in [0, 0.1) is 5.92 Å². The van der Waals surface area contributed by atoms with E-state index in [-0.39, 0.29) is 12.4 Å². The van der Waals surface area contributed by atoms with Crippen LogP contribution in [0.4, 0.5) is 0 Å². The third-order valence-corrected chi connectivity index (χ3v) is 4.55. The lowest BCUT2D eigenvalue weighted by Crippen LogP contribution is -2.43. The van der Waals surface area contributed by atoms with E-state index in [1.54, 1.807) is 6.92 Å². The highest BCUT2D eigenvalue weighted by Crippen LogP contribution is 2.37. The molecule has 2 aliphatic carbocycles. The Labute approximate surface area is 131 Å². The molecule has 1 N–H and O–H groups in total. The molecular weight excluding hydrogens is 264 g/mol. The van der Waals surface area contributed by atoms with Crippen molar-refractivity contribution in [3.8, 4) is 0 Å².